The van der Waals surface area contributed by atoms with E-state index in [2.05, 4.69) is 19.6 Å². The molecule has 1 aliphatic rings. The molecule has 2 heteroatoms. The van der Waals surface area contributed by atoms with Crippen LogP contribution in [0.4, 0.5) is 0 Å². The second-order valence-electron chi connectivity index (χ2n) is 6.06. The van der Waals surface area contributed by atoms with Crippen molar-refractivity contribution in [2.75, 3.05) is 0 Å². The Morgan fingerprint density at radius 1 is 1.14 bits per heavy atom. The second-order valence-corrected chi connectivity index (χ2v) is 11.7. The van der Waals surface area contributed by atoms with Gasteiger partial charge in [0.2, 0.25) is 0 Å². The summed E-state index contributed by atoms with van der Waals surface area (Å²) >= 11 is 0. The molecule has 1 nitrogen and oxygen atoms in total. The van der Waals surface area contributed by atoms with Gasteiger partial charge in [-0.05, 0) is 25.2 Å². The van der Waals surface area contributed by atoms with E-state index in [-0.39, 0.29) is 6.10 Å². The van der Waals surface area contributed by atoms with E-state index in [0.29, 0.717) is 5.92 Å². The lowest BCUT2D eigenvalue weighted by Gasteiger charge is -2.28. The third-order valence-electron chi connectivity index (χ3n) is 3.38. The summed E-state index contributed by atoms with van der Waals surface area (Å²) in [5.74, 6) is 0.625. The molecule has 1 rings (SSSR count). The van der Waals surface area contributed by atoms with E-state index in [1.54, 1.807) is 0 Å². The van der Waals surface area contributed by atoms with E-state index < -0.39 is 8.07 Å². The van der Waals surface area contributed by atoms with Gasteiger partial charge in [0.15, 0.2) is 0 Å². The summed E-state index contributed by atoms with van der Waals surface area (Å²) in [4.78, 5) is 0. The van der Waals surface area contributed by atoms with E-state index in [4.69, 9.17) is 0 Å². The Balaban J connectivity index is 2.23. The Labute approximate surface area is 89.9 Å². The lowest BCUT2D eigenvalue weighted by Crippen LogP contribution is -2.27. The molecule has 0 bridgehead atoms. The summed E-state index contributed by atoms with van der Waals surface area (Å²) in [5, 5.41) is 10.1. The van der Waals surface area contributed by atoms with Crippen molar-refractivity contribution in [2.45, 2.75) is 70.3 Å². The van der Waals surface area contributed by atoms with Gasteiger partial charge in [-0.3, -0.25) is 0 Å². The molecule has 1 unspecified atom stereocenters. The molecule has 0 amide bonds. The molecule has 0 aliphatic heterocycles. The molecule has 0 spiro atoms. The first-order valence-electron chi connectivity index (χ1n) is 6.17. The first kappa shape index (κ1) is 12.2. The highest BCUT2D eigenvalue weighted by atomic mass is 28.3. The summed E-state index contributed by atoms with van der Waals surface area (Å²) in [6, 6.07) is 1.28. The summed E-state index contributed by atoms with van der Waals surface area (Å²) < 4.78 is 0. The quantitative estimate of drug-likeness (QED) is 0.708. The molecule has 0 aromatic carbocycles. The molecule has 1 saturated carbocycles. The highest BCUT2D eigenvalue weighted by Gasteiger charge is 2.23. The zero-order chi connectivity index (χ0) is 10.6. The second kappa shape index (κ2) is 5.31. The van der Waals surface area contributed by atoms with Gasteiger partial charge >= 0.3 is 0 Å². The van der Waals surface area contributed by atoms with Gasteiger partial charge in [0, 0.05) is 8.07 Å². The molecule has 0 aromatic heterocycles. The number of aliphatic hydroxyl groups excluding tert-OH is 1. The van der Waals surface area contributed by atoms with Crippen LogP contribution >= 0.6 is 0 Å². The van der Waals surface area contributed by atoms with Crippen LogP contribution < -0.4 is 0 Å². The smallest absolute Gasteiger partial charge is 0.0565 e. The third kappa shape index (κ3) is 4.60. The van der Waals surface area contributed by atoms with Gasteiger partial charge in [-0.25, -0.2) is 0 Å². The SMILES string of the molecule is C[Si](C)(C)CCC(O)C1CCCCC1. The molecule has 0 saturated heterocycles. The van der Waals surface area contributed by atoms with Crippen molar-refractivity contribution < 1.29 is 5.11 Å². The van der Waals surface area contributed by atoms with Crippen LogP contribution in [-0.4, -0.2) is 19.3 Å². The Kier molecular flexibility index (Phi) is 4.65. The zero-order valence-corrected chi connectivity index (χ0v) is 11.1. The Morgan fingerprint density at radius 3 is 2.21 bits per heavy atom. The minimum absolute atomic E-state index is 0.00187. The summed E-state index contributed by atoms with van der Waals surface area (Å²) in [5.41, 5.74) is 0. The van der Waals surface area contributed by atoms with Gasteiger partial charge in [0.25, 0.3) is 0 Å². The van der Waals surface area contributed by atoms with Crippen LogP contribution in [0.15, 0.2) is 0 Å². The van der Waals surface area contributed by atoms with Gasteiger partial charge in [0.05, 0.1) is 6.10 Å². The fourth-order valence-corrected chi connectivity index (χ4v) is 3.50. The molecular formula is C12H26OSi. The van der Waals surface area contributed by atoms with Gasteiger partial charge in [-0.15, -0.1) is 0 Å². The first-order valence-corrected chi connectivity index (χ1v) is 9.88. The van der Waals surface area contributed by atoms with Gasteiger partial charge in [-0.2, -0.15) is 0 Å². The number of hydrogen-bond donors (Lipinski definition) is 1. The molecule has 14 heavy (non-hydrogen) atoms. The predicted octanol–water partition coefficient (Wildman–Crippen LogP) is 3.66. The van der Waals surface area contributed by atoms with Crippen molar-refractivity contribution in [1.82, 2.24) is 0 Å². The fraction of sp³-hybridized carbons (Fsp3) is 1.00. The maximum Gasteiger partial charge on any atom is 0.0565 e. The van der Waals surface area contributed by atoms with E-state index in [1.165, 1.54) is 38.1 Å². The highest BCUT2D eigenvalue weighted by Crippen LogP contribution is 2.29. The normalized spacial score (nSPS) is 22.3. The van der Waals surface area contributed by atoms with Crippen LogP contribution in [0.2, 0.25) is 25.7 Å². The Hall–Kier alpha value is 0.177. The zero-order valence-electron chi connectivity index (χ0n) is 10.1. The standard InChI is InChI=1S/C12H26OSi/c1-14(2,3)10-9-12(13)11-7-5-4-6-8-11/h11-13H,4-10H2,1-3H3. The molecule has 0 aromatic rings. The maximum atomic E-state index is 10.1. The molecule has 1 fully saturated rings. The molecule has 1 aliphatic carbocycles. The molecule has 1 N–H and O–H groups in total. The average molecular weight is 214 g/mol. The summed E-state index contributed by atoms with van der Waals surface area (Å²) in [6.45, 7) is 7.17. The maximum absolute atomic E-state index is 10.1. The van der Waals surface area contributed by atoms with Crippen LogP contribution in [0.5, 0.6) is 0 Å². The van der Waals surface area contributed by atoms with Crippen LogP contribution in [0.1, 0.15) is 38.5 Å². The van der Waals surface area contributed by atoms with E-state index >= 15 is 0 Å². The van der Waals surface area contributed by atoms with Crippen LogP contribution in [0.25, 0.3) is 0 Å². The fourth-order valence-electron chi connectivity index (χ4n) is 2.34. The van der Waals surface area contributed by atoms with Gasteiger partial charge < -0.3 is 5.11 Å². The summed E-state index contributed by atoms with van der Waals surface area (Å²) in [6.07, 6.45) is 7.67. The lowest BCUT2D eigenvalue weighted by atomic mass is 9.84. The lowest BCUT2D eigenvalue weighted by molar-refractivity contribution is 0.0813. The largest absolute Gasteiger partial charge is 0.393 e. The monoisotopic (exact) mass is 214 g/mol. The van der Waals surface area contributed by atoms with Crippen molar-refractivity contribution in [1.29, 1.82) is 0 Å². The number of rotatable bonds is 4. The molecule has 1 atom stereocenters. The molecule has 0 heterocycles. The van der Waals surface area contributed by atoms with Gasteiger partial charge in [0.1, 0.15) is 0 Å². The number of hydrogen-bond acceptors (Lipinski definition) is 1. The Bertz CT molecular complexity index is 156. The van der Waals surface area contributed by atoms with Crippen LogP contribution in [0, 0.1) is 5.92 Å². The van der Waals surface area contributed by atoms with Crippen LogP contribution in [0.3, 0.4) is 0 Å². The van der Waals surface area contributed by atoms with Gasteiger partial charge in [-0.1, -0.05) is 44.9 Å². The van der Waals surface area contributed by atoms with Crippen molar-refractivity contribution in [3.8, 4) is 0 Å². The topological polar surface area (TPSA) is 20.2 Å². The highest BCUT2D eigenvalue weighted by molar-refractivity contribution is 6.76. The van der Waals surface area contributed by atoms with Crippen LogP contribution in [-0.2, 0) is 0 Å². The first-order chi connectivity index (χ1) is 6.49. The average Bonchev–Trinajstić information content (AvgIpc) is 2.14. The molecule has 0 radical (unpaired) electrons. The summed E-state index contributed by atoms with van der Waals surface area (Å²) in [7, 11) is -0.944. The molecular weight excluding hydrogens is 188 g/mol. The van der Waals surface area contributed by atoms with Crippen molar-refractivity contribution in [2.24, 2.45) is 5.92 Å². The van der Waals surface area contributed by atoms with Crippen molar-refractivity contribution in [3.05, 3.63) is 0 Å². The number of aliphatic hydroxyl groups is 1. The Morgan fingerprint density at radius 2 is 1.71 bits per heavy atom. The van der Waals surface area contributed by atoms with E-state index in [1.807, 2.05) is 0 Å². The van der Waals surface area contributed by atoms with Crippen molar-refractivity contribution in [3.63, 3.8) is 0 Å². The third-order valence-corrected chi connectivity index (χ3v) is 5.17. The minimum atomic E-state index is -0.944. The minimum Gasteiger partial charge on any atom is -0.393 e. The van der Waals surface area contributed by atoms with E-state index in [9.17, 15) is 5.11 Å². The van der Waals surface area contributed by atoms with Crippen molar-refractivity contribution >= 4 is 8.07 Å². The molecule has 84 valence electrons. The predicted molar refractivity (Wildman–Crippen MR) is 65.4 cm³/mol. The van der Waals surface area contributed by atoms with E-state index in [0.717, 1.165) is 6.42 Å².